The van der Waals surface area contributed by atoms with E-state index in [1.54, 1.807) is 50.9 Å². The van der Waals surface area contributed by atoms with Crippen molar-refractivity contribution in [3.8, 4) is 11.5 Å². The summed E-state index contributed by atoms with van der Waals surface area (Å²) in [5.74, 6) is 1.08. The van der Waals surface area contributed by atoms with Crippen LogP contribution in [-0.2, 0) is 22.4 Å². The van der Waals surface area contributed by atoms with Gasteiger partial charge in [-0.15, -0.1) is 20.4 Å². The van der Waals surface area contributed by atoms with Crippen molar-refractivity contribution >= 4 is 44.8 Å². The molecule has 0 bridgehead atoms. The number of methoxy groups -OCH3 is 2. The molecule has 0 radical (unpaired) electrons. The Hall–Kier alpha value is -4.04. The van der Waals surface area contributed by atoms with E-state index in [9.17, 15) is 9.59 Å². The molecule has 1 fully saturated rings. The quantitative estimate of drug-likeness (QED) is 0.281. The lowest BCUT2D eigenvalue weighted by Gasteiger charge is -2.25. The van der Waals surface area contributed by atoms with Gasteiger partial charge < -0.3 is 20.1 Å². The standard InChI is InChI=1S/C26H28N8O4S2/c1-37-19-8-4-10-27-17(19)13-21(35)29-25-33-31-23(39-25)15-6-3-7-16(12-15)24-32-34-26(40-24)30-22(36)14-18-20(38-2)9-5-11-28-18/h4-5,8-11,15-16H,3,6-7,12-14H2,1-2H3,(H,29,33,35)(H,30,34,36)/t15-,16-/m0/s1. The van der Waals surface area contributed by atoms with Crippen LogP contribution in [0.15, 0.2) is 36.7 Å². The Morgan fingerprint density at radius 3 is 1.73 bits per heavy atom. The van der Waals surface area contributed by atoms with Crippen molar-refractivity contribution in [2.75, 3.05) is 24.9 Å². The third-order valence-corrected chi connectivity index (χ3v) is 8.54. The molecule has 2 atom stereocenters. The maximum atomic E-state index is 12.6. The fourth-order valence-electron chi connectivity index (χ4n) is 4.65. The van der Waals surface area contributed by atoms with E-state index in [-0.39, 0.29) is 36.5 Å². The van der Waals surface area contributed by atoms with Gasteiger partial charge in [0, 0.05) is 24.2 Å². The van der Waals surface area contributed by atoms with Gasteiger partial charge in [0.05, 0.1) is 38.4 Å². The lowest BCUT2D eigenvalue weighted by atomic mass is 9.82. The Balaban J connectivity index is 1.16. The molecule has 1 saturated carbocycles. The number of pyridine rings is 2. The Kier molecular flexibility index (Phi) is 8.86. The lowest BCUT2D eigenvalue weighted by Crippen LogP contribution is -2.15. The fourth-order valence-corrected chi connectivity index (χ4v) is 6.47. The van der Waals surface area contributed by atoms with Crippen LogP contribution in [0.25, 0.3) is 0 Å². The van der Waals surface area contributed by atoms with Gasteiger partial charge >= 0.3 is 0 Å². The van der Waals surface area contributed by atoms with Crippen LogP contribution >= 0.6 is 22.7 Å². The third kappa shape index (κ3) is 6.74. The van der Waals surface area contributed by atoms with Crippen molar-refractivity contribution in [1.82, 2.24) is 30.4 Å². The van der Waals surface area contributed by atoms with E-state index in [1.807, 2.05) is 0 Å². The summed E-state index contributed by atoms with van der Waals surface area (Å²) in [6, 6.07) is 7.06. The maximum absolute atomic E-state index is 12.6. The van der Waals surface area contributed by atoms with Crippen molar-refractivity contribution in [2.24, 2.45) is 0 Å². The number of anilines is 2. The summed E-state index contributed by atoms with van der Waals surface area (Å²) in [5.41, 5.74) is 1.12. The molecule has 4 aromatic rings. The molecule has 2 N–H and O–H groups in total. The SMILES string of the molecule is COc1cccnc1CC(=O)Nc1nnc([C@H]2CCC[C@H](c3nnc(NC(=O)Cc4ncccc4OC)s3)C2)s1. The first-order valence-corrected chi connectivity index (χ1v) is 14.4. The van der Waals surface area contributed by atoms with E-state index in [2.05, 4.69) is 41.0 Å². The molecular weight excluding hydrogens is 552 g/mol. The molecular formula is C26H28N8O4S2. The first-order chi connectivity index (χ1) is 19.5. The van der Waals surface area contributed by atoms with Crippen LogP contribution in [0.1, 0.15) is 58.9 Å². The zero-order chi connectivity index (χ0) is 27.9. The first-order valence-electron chi connectivity index (χ1n) is 12.7. The number of nitrogens with zero attached hydrogens (tertiary/aromatic N) is 6. The predicted octanol–water partition coefficient (Wildman–Crippen LogP) is 4.00. The van der Waals surface area contributed by atoms with E-state index in [0.717, 1.165) is 35.7 Å². The molecule has 0 spiro atoms. The summed E-state index contributed by atoms with van der Waals surface area (Å²) >= 11 is 2.78. The number of hydrogen-bond donors (Lipinski definition) is 2. The van der Waals surface area contributed by atoms with Crippen LogP contribution in [0.3, 0.4) is 0 Å². The third-order valence-electron chi connectivity index (χ3n) is 6.54. The fraction of sp³-hybridized carbons (Fsp3) is 0.385. The van der Waals surface area contributed by atoms with Crippen molar-refractivity contribution in [3.63, 3.8) is 0 Å². The number of carbonyl (C=O) groups excluding carboxylic acids is 2. The Morgan fingerprint density at radius 1 is 0.800 bits per heavy atom. The molecule has 1 aliphatic carbocycles. The molecule has 12 nitrogen and oxygen atoms in total. The largest absolute Gasteiger partial charge is 0.495 e. The molecule has 1 aliphatic rings. The van der Waals surface area contributed by atoms with Gasteiger partial charge in [0.1, 0.15) is 21.5 Å². The lowest BCUT2D eigenvalue weighted by molar-refractivity contribution is -0.116. The highest BCUT2D eigenvalue weighted by atomic mass is 32.1. The van der Waals surface area contributed by atoms with E-state index < -0.39 is 0 Å². The second kappa shape index (κ2) is 12.9. The molecule has 5 rings (SSSR count). The zero-order valence-electron chi connectivity index (χ0n) is 22.0. The Labute approximate surface area is 238 Å². The van der Waals surface area contributed by atoms with E-state index in [4.69, 9.17) is 9.47 Å². The molecule has 14 heteroatoms. The van der Waals surface area contributed by atoms with Crippen LogP contribution in [0, 0.1) is 0 Å². The molecule has 40 heavy (non-hydrogen) atoms. The van der Waals surface area contributed by atoms with Gasteiger partial charge in [0.15, 0.2) is 0 Å². The van der Waals surface area contributed by atoms with Crippen LogP contribution in [0.2, 0.25) is 0 Å². The highest BCUT2D eigenvalue weighted by Crippen LogP contribution is 2.43. The number of carbonyl (C=O) groups is 2. The Bertz CT molecular complexity index is 1370. The Morgan fingerprint density at radius 2 is 1.27 bits per heavy atom. The number of rotatable bonds is 10. The van der Waals surface area contributed by atoms with Crippen LogP contribution in [0.4, 0.5) is 10.3 Å². The minimum absolute atomic E-state index is 0.0791. The average Bonchev–Trinajstić information content (AvgIpc) is 3.63. The normalized spacial score (nSPS) is 16.8. The van der Waals surface area contributed by atoms with Gasteiger partial charge in [0.25, 0.3) is 0 Å². The molecule has 0 saturated heterocycles. The van der Waals surface area contributed by atoms with Crippen molar-refractivity contribution in [1.29, 1.82) is 0 Å². The summed E-state index contributed by atoms with van der Waals surface area (Å²) in [6.45, 7) is 0. The maximum Gasteiger partial charge on any atom is 0.232 e. The molecule has 4 aromatic heterocycles. The zero-order valence-corrected chi connectivity index (χ0v) is 23.6. The van der Waals surface area contributed by atoms with E-state index in [0.29, 0.717) is 33.1 Å². The topological polar surface area (TPSA) is 154 Å². The summed E-state index contributed by atoms with van der Waals surface area (Å²) in [6.07, 6.45) is 7.24. The number of aromatic nitrogens is 6. The number of amides is 2. The number of ether oxygens (including phenoxy) is 2. The number of hydrogen-bond acceptors (Lipinski definition) is 12. The molecule has 0 aromatic carbocycles. The van der Waals surface area contributed by atoms with Crippen molar-refractivity contribution in [2.45, 2.75) is 50.4 Å². The highest BCUT2D eigenvalue weighted by Gasteiger charge is 2.29. The molecule has 208 valence electrons. The van der Waals surface area contributed by atoms with E-state index in [1.165, 1.54) is 22.7 Å². The summed E-state index contributed by atoms with van der Waals surface area (Å²) < 4.78 is 10.5. The highest BCUT2D eigenvalue weighted by molar-refractivity contribution is 7.15. The van der Waals surface area contributed by atoms with Crippen LogP contribution in [-0.4, -0.2) is 56.4 Å². The van der Waals surface area contributed by atoms with Gasteiger partial charge in [0.2, 0.25) is 22.1 Å². The minimum Gasteiger partial charge on any atom is -0.495 e. The predicted molar refractivity (Wildman–Crippen MR) is 150 cm³/mol. The molecule has 0 aliphatic heterocycles. The molecule has 4 heterocycles. The summed E-state index contributed by atoms with van der Waals surface area (Å²) in [7, 11) is 3.10. The monoisotopic (exact) mass is 580 g/mol. The number of nitrogens with one attached hydrogen (secondary N) is 2. The average molecular weight is 581 g/mol. The van der Waals surface area contributed by atoms with Gasteiger partial charge in [-0.1, -0.05) is 29.1 Å². The van der Waals surface area contributed by atoms with E-state index >= 15 is 0 Å². The van der Waals surface area contributed by atoms with Gasteiger partial charge in [-0.2, -0.15) is 0 Å². The van der Waals surface area contributed by atoms with Crippen molar-refractivity contribution in [3.05, 3.63) is 58.1 Å². The van der Waals surface area contributed by atoms with Gasteiger partial charge in [-0.3, -0.25) is 19.6 Å². The summed E-state index contributed by atoms with van der Waals surface area (Å²) in [4.78, 5) is 33.6. The molecule has 2 amide bonds. The second-order valence-corrected chi connectivity index (χ2v) is 11.2. The van der Waals surface area contributed by atoms with Crippen LogP contribution in [0.5, 0.6) is 11.5 Å². The van der Waals surface area contributed by atoms with Gasteiger partial charge in [-0.05, 0) is 43.5 Å². The first kappa shape index (κ1) is 27.5. The van der Waals surface area contributed by atoms with Crippen molar-refractivity contribution < 1.29 is 19.1 Å². The summed E-state index contributed by atoms with van der Waals surface area (Å²) in [5, 5.41) is 25.5. The second-order valence-electron chi connectivity index (χ2n) is 9.21. The smallest absolute Gasteiger partial charge is 0.232 e. The molecule has 0 unspecified atom stereocenters. The minimum atomic E-state index is -0.230. The van der Waals surface area contributed by atoms with Crippen LogP contribution < -0.4 is 20.1 Å². The van der Waals surface area contributed by atoms with Gasteiger partial charge in [-0.25, -0.2) is 0 Å².